The van der Waals surface area contributed by atoms with Crippen LogP contribution in [0.5, 0.6) is 0 Å². The summed E-state index contributed by atoms with van der Waals surface area (Å²) in [6.45, 7) is 3.99. The number of thiazole rings is 1. The Labute approximate surface area is 202 Å². The van der Waals surface area contributed by atoms with E-state index >= 15 is 0 Å². The maximum Gasteiger partial charge on any atom is 0.439 e. The van der Waals surface area contributed by atoms with Gasteiger partial charge in [0.15, 0.2) is 5.82 Å². The lowest BCUT2D eigenvalue weighted by atomic mass is 9.91. The molecule has 35 heavy (non-hydrogen) atoms. The van der Waals surface area contributed by atoms with Gasteiger partial charge in [-0.15, -0.1) is 11.3 Å². The van der Waals surface area contributed by atoms with E-state index in [0.717, 1.165) is 47.5 Å². The van der Waals surface area contributed by atoms with Crippen LogP contribution >= 0.6 is 11.3 Å². The highest BCUT2D eigenvalue weighted by molar-refractivity contribution is 7.15. The van der Waals surface area contributed by atoms with Crippen LogP contribution in [0, 0.1) is 12.7 Å². The molecule has 1 N–H and O–H groups in total. The Balaban J connectivity index is 1.60. The fraction of sp³-hybridized carbons (Fsp3) is 0.320. The Morgan fingerprint density at radius 1 is 1.14 bits per heavy atom. The molecule has 1 atom stereocenters. The zero-order valence-corrected chi connectivity index (χ0v) is 19.9. The predicted octanol–water partition coefficient (Wildman–Crippen LogP) is 7.14. The molecule has 0 radical (unpaired) electrons. The van der Waals surface area contributed by atoms with Crippen molar-refractivity contribution in [2.75, 3.05) is 0 Å². The molecular weight excluding hydrogens is 482 g/mol. The van der Waals surface area contributed by atoms with Gasteiger partial charge in [-0.1, -0.05) is 43.1 Å². The number of aryl methyl sites for hydroxylation is 1. The third-order valence-electron chi connectivity index (χ3n) is 5.78. The van der Waals surface area contributed by atoms with Crippen LogP contribution < -0.4 is 5.76 Å². The van der Waals surface area contributed by atoms with Gasteiger partial charge in [-0.3, -0.25) is 9.51 Å². The molecule has 5 nitrogen and oxygen atoms in total. The zero-order chi connectivity index (χ0) is 25.2. The Bertz CT molecular complexity index is 1360. The number of halogens is 4. The maximum atomic E-state index is 14.8. The van der Waals surface area contributed by atoms with Gasteiger partial charge in [-0.05, 0) is 55.5 Å². The zero-order valence-electron chi connectivity index (χ0n) is 19.1. The lowest BCUT2D eigenvalue weighted by Gasteiger charge is -2.16. The van der Waals surface area contributed by atoms with E-state index < -0.39 is 23.3 Å². The number of aromatic nitrogens is 3. The van der Waals surface area contributed by atoms with Crippen molar-refractivity contribution >= 4 is 11.3 Å². The molecule has 0 aliphatic rings. The summed E-state index contributed by atoms with van der Waals surface area (Å²) in [5.74, 6) is -1.17. The van der Waals surface area contributed by atoms with Crippen LogP contribution in [0.4, 0.5) is 17.6 Å². The summed E-state index contributed by atoms with van der Waals surface area (Å²) >= 11 is 1.46. The van der Waals surface area contributed by atoms with E-state index in [9.17, 15) is 22.4 Å². The van der Waals surface area contributed by atoms with Crippen LogP contribution in [0.2, 0.25) is 0 Å². The highest BCUT2D eigenvalue weighted by Gasteiger charge is 2.30. The molecule has 184 valence electrons. The highest BCUT2D eigenvalue weighted by atomic mass is 32.1. The fourth-order valence-corrected chi connectivity index (χ4v) is 5.20. The molecule has 0 aliphatic heterocycles. The molecule has 4 rings (SSSR count). The lowest BCUT2D eigenvalue weighted by Crippen LogP contribution is -2.04. The number of hydrogen-bond acceptors (Lipinski definition) is 5. The molecule has 0 bridgehead atoms. The third kappa shape index (κ3) is 5.70. The number of alkyl halides is 3. The van der Waals surface area contributed by atoms with Crippen molar-refractivity contribution < 1.29 is 22.1 Å². The van der Waals surface area contributed by atoms with Gasteiger partial charge in [0.1, 0.15) is 10.8 Å². The number of aromatic amines is 1. The number of H-pyrrole nitrogens is 1. The molecule has 2 heterocycles. The van der Waals surface area contributed by atoms with Crippen molar-refractivity contribution in [3.63, 3.8) is 0 Å². The maximum absolute atomic E-state index is 14.8. The lowest BCUT2D eigenvalue weighted by molar-refractivity contribution is -0.137. The standard InChI is InChI=1S/C25H23F4N3O2S/c1-3-4-5-17(12-15-6-11-19(20(26)13-15)22-31-24(33)34-32-22)21-14(2)30-23(35-21)16-7-9-18(10-8-16)25(27,28)29/h6-11,13,17H,3-5,12H2,1-2H3,(H,31,32,33). The topological polar surface area (TPSA) is 71.8 Å². The number of nitrogens with one attached hydrogen (secondary N) is 1. The summed E-state index contributed by atoms with van der Waals surface area (Å²) in [5.41, 5.74) is 1.67. The number of benzene rings is 2. The number of nitrogens with zero attached hydrogens (tertiary/aromatic N) is 2. The first kappa shape index (κ1) is 24.8. The van der Waals surface area contributed by atoms with Crippen molar-refractivity contribution in [2.24, 2.45) is 0 Å². The van der Waals surface area contributed by atoms with Gasteiger partial charge in [0.05, 0.1) is 16.8 Å². The second-order valence-electron chi connectivity index (χ2n) is 8.34. The number of unbranched alkanes of at least 4 members (excludes halogenated alkanes) is 1. The summed E-state index contributed by atoms with van der Waals surface area (Å²) in [6, 6.07) is 9.77. The summed E-state index contributed by atoms with van der Waals surface area (Å²) < 4.78 is 58.0. The van der Waals surface area contributed by atoms with E-state index in [2.05, 4.69) is 26.6 Å². The molecule has 0 fully saturated rings. The van der Waals surface area contributed by atoms with Gasteiger partial charge in [-0.25, -0.2) is 14.2 Å². The quantitative estimate of drug-likeness (QED) is 0.259. The van der Waals surface area contributed by atoms with Crippen molar-refractivity contribution in [1.82, 2.24) is 15.1 Å². The Morgan fingerprint density at radius 3 is 2.49 bits per heavy atom. The highest BCUT2D eigenvalue weighted by Crippen LogP contribution is 2.38. The van der Waals surface area contributed by atoms with Crippen LogP contribution in [0.25, 0.3) is 22.0 Å². The van der Waals surface area contributed by atoms with Gasteiger partial charge >= 0.3 is 11.9 Å². The number of hydrogen-bond donors (Lipinski definition) is 1. The van der Waals surface area contributed by atoms with Gasteiger partial charge in [0.2, 0.25) is 0 Å². The van der Waals surface area contributed by atoms with Crippen LogP contribution in [0.3, 0.4) is 0 Å². The molecule has 0 saturated heterocycles. The van der Waals surface area contributed by atoms with E-state index in [4.69, 9.17) is 0 Å². The van der Waals surface area contributed by atoms with Crippen molar-refractivity contribution in [1.29, 1.82) is 0 Å². The van der Waals surface area contributed by atoms with Crippen LogP contribution in [-0.2, 0) is 12.6 Å². The summed E-state index contributed by atoms with van der Waals surface area (Å²) in [4.78, 5) is 19.2. The van der Waals surface area contributed by atoms with Gasteiger partial charge < -0.3 is 0 Å². The average molecular weight is 506 g/mol. The van der Waals surface area contributed by atoms with E-state index in [1.807, 2.05) is 6.92 Å². The van der Waals surface area contributed by atoms with Crippen LogP contribution in [-0.4, -0.2) is 15.1 Å². The third-order valence-corrected chi connectivity index (χ3v) is 7.15. The molecule has 1 unspecified atom stereocenters. The van der Waals surface area contributed by atoms with Crippen molar-refractivity contribution in [3.8, 4) is 22.0 Å². The minimum atomic E-state index is -4.39. The monoisotopic (exact) mass is 505 g/mol. The molecule has 0 spiro atoms. The largest absolute Gasteiger partial charge is 0.439 e. The minimum absolute atomic E-state index is 0.0288. The minimum Gasteiger partial charge on any atom is -0.296 e. The predicted molar refractivity (Wildman–Crippen MR) is 126 cm³/mol. The fourth-order valence-electron chi connectivity index (χ4n) is 4.00. The van der Waals surface area contributed by atoms with E-state index in [0.29, 0.717) is 17.0 Å². The van der Waals surface area contributed by atoms with E-state index in [1.165, 1.54) is 29.5 Å². The first-order valence-electron chi connectivity index (χ1n) is 11.2. The number of rotatable bonds is 8. The van der Waals surface area contributed by atoms with E-state index in [1.54, 1.807) is 12.1 Å². The molecule has 2 aromatic heterocycles. The molecule has 0 amide bonds. The second kappa shape index (κ2) is 10.2. The summed E-state index contributed by atoms with van der Waals surface area (Å²) in [6.07, 6.45) is -0.985. The molecule has 10 heteroatoms. The summed E-state index contributed by atoms with van der Waals surface area (Å²) in [5, 5.41) is 4.19. The average Bonchev–Trinajstić information content (AvgIpc) is 3.42. The van der Waals surface area contributed by atoms with E-state index in [-0.39, 0.29) is 17.3 Å². The Kier molecular flexibility index (Phi) is 7.20. The van der Waals surface area contributed by atoms with Crippen molar-refractivity contribution in [2.45, 2.75) is 51.6 Å². The normalized spacial score (nSPS) is 12.7. The van der Waals surface area contributed by atoms with Crippen LogP contribution in [0.15, 0.2) is 51.8 Å². The molecule has 4 aromatic rings. The van der Waals surface area contributed by atoms with Gasteiger partial charge in [0, 0.05) is 10.4 Å². The Morgan fingerprint density at radius 2 is 1.89 bits per heavy atom. The van der Waals surface area contributed by atoms with Crippen molar-refractivity contribution in [3.05, 3.63) is 80.5 Å². The molecular formula is C25H23F4N3O2S. The molecule has 2 aromatic carbocycles. The van der Waals surface area contributed by atoms with Gasteiger partial charge in [-0.2, -0.15) is 13.2 Å². The SMILES string of the molecule is CCCCC(Cc1ccc(-c2noc(=O)[nH]2)c(F)c1)c1sc(-c2ccc(C(F)(F)F)cc2)nc1C. The van der Waals surface area contributed by atoms with Crippen LogP contribution in [0.1, 0.15) is 53.8 Å². The molecule has 0 saturated carbocycles. The molecule has 0 aliphatic carbocycles. The smallest absolute Gasteiger partial charge is 0.296 e. The summed E-state index contributed by atoms with van der Waals surface area (Å²) in [7, 11) is 0. The first-order chi connectivity index (χ1) is 16.7. The first-order valence-corrected chi connectivity index (χ1v) is 12.0. The second-order valence-corrected chi connectivity index (χ2v) is 9.38. The Hall–Kier alpha value is -3.27. The van der Waals surface area contributed by atoms with Gasteiger partial charge in [0.25, 0.3) is 0 Å².